The Bertz CT molecular complexity index is 215. The Morgan fingerprint density at radius 2 is 1.67 bits per heavy atom. The second kappa shape index (κ2) is 8.51. The van der Waals surface area contributed by atoms with E-state index in [4.69, 9.17) is 0 Å². The van der Waals surface area contributed by atoms with Crippen molar-refractivity contribution < 1.29 is 4.39 Å². The zero-order chi connectivity index (χ0) is 12.6. The Labute approximate surface area is 94.7 Å². The molecule has 0 aromatic rings. The van der Waals surface area contributed by atoms with Crippen molar-refractivity contribution in [3.8, 4) is 0 Å². The van der Waals surface area contributed by atoms with Crippen LogP contribution in [-0.4, -0.2) is 19.0 Å². The highest BCUT2D eigenvalue weighted by molar-refractivity contribution is 5.31. The first-order chi connectivity index (χ1) is 6.91. The third-order valence-electron chi connectivity index (χ3n) is 2.00. The summed E-state index contributed by atoms with van der Waals surface area (Å²) >= 11 is 0. The smallest absolute Gasteiger partial charge is 0.192 e. The van der Waals surface area contributed by atoms with E-state index in [1.54, 1.807) is 14.1 Å². The van der Waals surface area contributed by atoms with Crippen LogP contribution in [-0.2, 0) is 0 Å². The van der Waals surface area contributed by atoms with Gasteiger partial charge in [-0.05, 0) is 17.9 Å². The van der Waals surface area contributed by atoms with Crippen LogP contribution in [0.1, 0.15) is 41.0 Å². The summed E-state index contributed by atoms with van der Waals surface area (Å²) in [5.74, 6) is 0.0247. The quantitative estimate of drug-likeness (QED) is 0.497. The summed E-state index contributed by atoms with van der Waals surface area (Å²) in [4.78, 5) is 1.50. The molecule has 0 heterocycles. The molecule has 2 heteroatoms. The van der Waals surface area contributed by atoms with E-state index in [1.807, 2.05) is 34.6 Å². The molecule has 15 heavy (non-hydrogen) atoms. The van der Waals surface area contributed by atoms with E-state index in [0.717, 1.165) is 17.6 Å². The van der Waals surface area contributed by atoms with Gasteiger partial charge >= 0.3 is 0 Å². The molecule has 90 valence electrons. The zero-order valence-electron chi connectivity index (χ0n) is 11.3. The van der Waals surface area contributed by atoms with Gasteiger partial charge in [-0.25, -0.2) is 0 Å². The van der Waals surface area contributed by atoms with Crippen molar-refractivity contribution in [2.45, 2.75) is 41.0 Å². The molecule has 0 rings (SSSR count). The van der Waals surface area contributed by atoms with Gasteiger partial charge in [-0.15, -0.1) is 0 Å². The summed E-state index contributed by atoms with van der Waals surface area (Å²) in [6.07, 6.45) is 0.800. The van der Waals surface area contributed by atoms with Crippen molar-refractivity contribution in [3.05, 3.63) is 23.7 Å². The first-order valence-corrected chi connectivity index (χ1v) is 5.66. The molecule has 1 nitrogen and oxygen atoms in total. The predicted molar refractivity (Wildman–Crippen MR) is 67.4 cm³/mol. The molecule has 0 amide bonds. The van der Waals surface area contributed by atoms with Gasteiger partial charge in [-0.3, -0.25) is 0 Å². The van der Waals surface area contributed by atoms with Crippen molar-refractivity contribution in [2.24, 2.45) is 5.92 Å². The molecule has 0 aliphatic heterocycles. The second-order valence-electron chi connectivity index (χ2n) is 3.71. The van der Waals surface area contributed by atoms with Crippen molar-refractivity contribution in [2.75, 3.05) is 14.1 Å². The topological polar surface area (TPSA) is 3.24 Å². The molecule has 0 unspecified atom stereocenters. The monoisotopic (exact) mass is 215 g/mol. The van der Waals surface area contributed by atoms with E-state index >= 15 is 0 Å². The van der Waals surface area contributed by atoms with Crippen molar-refractivity contribution >= 4 is 0 Å². The molecule has 0 saturated carbocycles. The lowest BCUT2D eigenvalue weighted by atomic mass is 9.95. The van der Waals surface area contributed by atoms with Gasteiger partial charge in [0.15, 0.2) is 5.95 Å². The van der Waals surface area contributed by atoms with Crippen molar-refractivity contribution in [1.82, 2.24) is 4.90 Å². The first kappa shape index (κ1) is 16.6. The average molecular weight is 215 g/mol. The molecule has 0 aliphatic rings. The SMILES string of the molecule is C=C(CC)/C(=C(/F)N(C)C)C(C)C.CC. The van der Waals surface area contributed by atoms with E-state index in [-0.39, 0.29) is 11.9 Å². The van der Waals surface area contributed by atoms with Crippen LogP contribution >= 0.6 is 0 Å². The Morgan fingerprint density at radius 1 is 1.27 bits per heavy atom. The molecular formula is C13H26FN. The Balaban J connectivity index is 0. The summed E-state index contributed by atoms with van der Waals surface area (Å²) in [5.41, 5.74) is 1.63. The van der Waals surface area contributed by atoms with Crippen LogP contribution in [0, 0.1) is 5.92 Å². The largest absolute Gasteiger partial charge is 0.354 e. The third-order valence-corrected chi connectivity index (χ3v) is 2.00. The maximum absolute atomic E-state index is 13.6. The number of halogens is 1. The van der Waals surface area contributed by atoms with Crippen LogP contribution < -0.4 is 0 Å². The summed E-state index contributed by atoms with van der Waals surface area (Å²) in [5, 5.41) is 0. The van der Waals surface area contributed by atoms with Gasteiger partial charge in [0, 0.05) is 19.7 Å². The van der Waals surface area contributed by atoms with Crippen LogP contribution in [0.25, 0.3) is 0 Å². The highest BCUT2D eigenvalue weighted by Crippen LogP contribution is 2.25. The van der Waals surface area contributed by atoms with E-state index in [0.29, 0.717) is 0 Å². The third kappa shape index (κ3) is 5.60. The molecule has 0 bridgehead atoms. The second-order valence-corrected chi connectivity index (χ2v) is 3.71. The molecule has 0 N–H and O–H groups in total. The van der Waals surface area contributed by atoms with Gasteiger partial charge in [0.25, 0.3) is 0 Å². The van der Waals surface area contributed by atoms with Crippen LogP contribution in [0.3, 0.4) is 0 Å². The molecule has 0 aromatic carbocycles. The van der Waals surface area contributed by atoms with Gasteiger partial charge in [0.05, 0.1) is 0 Å². The summed E-state index contributed by atoms with van der Waals surface area (Å²) < 4.78 is 13.6. The fraction of sp³-hybridized carbons (Fsp3) is 0.692. The van der Waals surface area contributed by atoms with E-state index in [9.17, 15) is 4.39 Å². The lowest BCUT2D eigenvalue weighted by Gasteiger charge is -2.19. The maximum Gasteiger partial charge on any atom is 0.192 e. The molecule has 0 fully saturated rings. The van der Waals surface area contributed by atoms with Gasteiger partial charge < -0.3 is 4.90 Å². The molecular weight excluding hydrogens is 189 g/mol. The minimum Gasteiger partial charge on any atom is -0.354 e. The Hall–Kier alpha value is -0.790. The van der Waals surface area contributed by atoms with Gasteiger partial charge in [-0.1, -0.05) is 41.2 Å². The van der Waals surface area contributed by atoms with Crippen LogP contribution in [0.2, 0.25) is 0 Å². The van der Waals surface area contributed by atoms with Crippen LogP contribution in [0.4, 0.5) is 4.39 Å². The molecule has 0 atom stereocenters. The molecule has 0 aromatic heterocycles. The predicted octanol–water partition coefficient (Wildman–Crippen LogP) is 4.38. The maximum atomic E-state index is 13.6. The van der Waals surface area contributed by atoms with Gasteiger partial charge in [0.2, 0.25) is 0 Å². The fourth-order valence-electron chi connectivity index (χ4n) is 1.22. The van der Waals surface area contributed by atoms with E-state index < -0.39 is 0 Å². The molecule has 0 aliphatic carbocycles. The normalized spacial score (nSPS) is 11.5. The first-order valence-electron chi connectivity index (χ1n) is 5.66. The lowest BCUT2D eigenvalue weighted by molar-refractivity contribution is 0.360. The Morgan fingerprint density at radius 3 is 1.87 bits per heavy atom. The molecule has 0 spiro atoms. The van der Waals surface area contributed by atoms with Crippen LogP contribution in [0.5, 0.6) is 0 Å². The van der Waals surface area contributed by atoms with E-state index in [2.05, 4.69) is 6.58 Å². The summed E-state index contributed by atoms with van der Waals surface area (Å²) in [6.45, 7) is 13.8. The number of rotatable bonds is 4. The molecule has 0 saturated heterocycles. The van der Waals surface area contributed by atoms with Gasteiger partial charge in [-0.2, -0.15) is 4.39 Å². The fourth-order valence-corrected chi connectivity index (χ4v) is 1.22. The van der Waals surface area contributed by atoms with Gasteiger partial charge in [0.1, 0.15) is 0 Å². The van der Waals surface area contributed by atoms with Crippen molar-refractivity contribution in [3.63, 3.8) is 0 Å². The van der Waals surface area contributed by atoms with Crippen molar-refractivity contribution in [1.29, 1.82) is 0 Å². The number of hydrogen-bond donors (Lipinski definition) is 0. The Kier molecular flexibility index (Phi) is 9.44. The number of hydrogen-bond acceptors (Lipinski definition) is 1. The highest BCUT2D eigenvalue weighted by Gasteiger charge is 2.14. The molecule has 0 radical (unpaired) electrons. The lowest BCUT2D eigenvalue weighted by Crippen LogP contribution is -2.13. The number of nitrogens with zero attached hydrogens (tertiary/aromatic N) is 1. The van der Waals surface area contributed by atoms with Crippen LogP contribution in [0.15, 0.2) is 23.7 Å². The minimum atomic E-state index is -0.165. The zero-order valence-corrected chi connectivity index (χ0v) is 11.3. The van der Waals surface area contributed by atoms with E-state index in [1.165, 1.54) is 4.90 Å². The highest BCUT2D eigenvalue weighted by atomic mass is 19.1. The summed E-state index contributed by atoms with van der Waals surface area (Å²) in [7, 11) is 3.42. The summed E-state index contributed by atoms with van der Waals surface area (Å²) in [6, 6.07) is 0. The standard InChI is InChI=1S/C11H20FN.C2H6/c1-7-9(4)10(8(2)3)11(12)13(5)6;1-2/h8H,4,7H2,1-3,5-6H3;1-2H3/b11-10-;. The minimum absolute atomic E-state index is 0.165. The average Bonchev–Trinajstić information content (AvgIpc) is 2.20. The number of allylic oxidation sites excluding steroid dienone is 2.